The molecule has 494 valence electrons. The molecule has 0 N–H and O–H groups in total. The van der Waals surface area contributed by atoms with E-state index in [-0.39, 0.29) is 22.6 Å². The number of halogens is 35. The van der Waals surface area contributed by atoms with Crippen LogP contribution in [0.25, 0.3) is 10.8 Å². The predicted octanol–water partition coefficient (Wildman–Crippen LogP) is 16.6. The first-order valence-corrected chi connectivity index (χ1v) is 23.1. The van der Waals surface area contributed by atoms with Crippen molar-refractivity contribution in [3.05, 3.63) is 117 Å². The Morgan fingerprint density at radius 1 is 0.292 bits per heavy atom. The molecule has 2 aliphatic heterocycles. The summed E-state index contributed by atoms with van der Waals surface area (Å²) in [6.07, 6.45) is -12.4. The van der Waals surface area contributed by atoms with Crippen LogP contribution >= 0.6 is 0 Å². The van der Waals surface area contributed by atoms with Gasteiger partial charge in [0.15, 0.2) is 0 Å². The Morgan fingerprint density at radius 3 is 0.831 bits per heavy atom. The predicted molar refractivity (Wildman–Crippen MR) is 223 cm³/mol. The van der Waals surface area contributed by atoms with Crippen molar-refractivity contribution >= 4 is 34.4 Å². The molecule has 0 saturated carbocycles. The Labute approximate surface area is 468 Å². The number of benzene rings is 4. The van der Waals surface area contributed by atoms with Crippen molar-refractivity contribution in [3.63, 3.8) is 0 Å². The number of amides is 4. The summed E-state index contributed by atoms with van der Waals surface area (Å²) in [5.41, 5.74) is -6.61. The molecule has 41 heteroatoms. The van der Waals surface area contributed by atoms with Gasteiger partial charge in [0.2, 0.25) is 0 Å². The summed E-state index contributed by atoms with van der Waals surface area (Å²) < 4.78 is 488. The van der Waals surface area contributed by atoms with Crippen molar-refractivity contribution in [2.24, 2.45) is 0 Å². The zero-order valence-corrected chi connectivity index (χ0v) is 42.0. The molecular weight excluding hydrogens is 1330 g/mol. The van der Waals surface area contributed by atoms with Gasteiger partial charge in [-0.25, -0.2) is 0 Å². The highest BCUT2D eigenvalue weighted by Crippen LogP contribution is 2.68. The average Bonchev–Trinajstić information content (AvgIpc) is 0.701. The summed E-state index contributed by atoms with van der Waals surface area (Å²) in [4.78, 5) is 55.6. The van der Waals surface area contributed by atoms with E-state index in [1.807, 2.05) is 0 Å². The maximum atomic E-state index is 15.1. The number of hydrogen-bond acceptors (Lipinski definition) is 4. The minimum absolute atomic E-state index is 0.0444. The molecule has 0 spiro atoms. The zero-order chi connectivity index (χ0) is 69.1. The molecule has 4 aromatic rings. The fourth-order valence-corrected chi connectivity index (χ4v) is 8.55. The lowest BCUT2D eigenvalue weighted by molar-refractivity contribution is -0.474. The van der Waals surface area contributed by atoms with E-state index in [1.165, 1.54) is 0 Å². The van der Waals surface area contributed by atoms with E-state index < -0.39 is 219 Å². The van der Waals surface area contributed by atoms with Gasteiger partial charge in [-0.05, 0) is 47.4 Å². The van der Waals surface area contributed by atoms with E-state index in [1.54, 1.807) is 0 Å². The van der Waals surface area contributed by atoms with Gasteiger partial charge in [-0.15, -0.1) is 0 Å². The van der Waals surface area contributed by atoms with Crippen LogP contribution in [0.15, 0.2) is 72.8 Å². The zero-order valence-electron chi connectivity index (χ0n) is 42.0. The quantitative estimate of drug-likeness (QED) is 0.0580. The summed E-state index contributed by atoms with van der Waals surface area (Å²) in [5, 5.41) is -0.958. The van der Waals surface area contributed by atoms with Gasteiger partial charge in [-0.2, -0.15) is 154 Å². The van der Waals surface area contributed by atoms with E-state index in [4.69, 9.17) is 0 Å². The number of rotatable bonds is 22. The minimum atomic E-state index is -9.40. The number of carbonyl (C=O) groups excluding carboxylic acids is 4. The molecule has 4 aromatic carbocycles. The van der Waals surface area contributed by atoms with Crippen LogP contribution < -0.4 is 0 Å². The Balaban J connectivity index is 1.19. The molecule has 4 amide bonds. The topological polar surface area (TPSA) is 74.8 Å². The van der Waals surface area contributed by atoms with Crippen LogP contribution in [0.2, 0.25) is 0 Å². The van der Waals surface area contributed by atoms with E-state index >= 15 is 8.78 Å². The first-order valence-electron chi connectivity index (χ1n) is 23.1. The average molecular weight is 1360 g/mol. The van der Waals surface area contributed by atoms with Crippen molar-refractivity contribution in [2.75, 3.05) is 0 Å². The molecule has 6 nitrogen and oxygen atoms in total. The molecule has 0 saturated heterocycles. The first-order chi connectivity index (χ1) is 39.5. The Hall–Kier alpha value is -7.03. The molecule has 2 heterocycles. The number of imide groups is 2. The number of aryl methyl sites for hydroxylation is 1. The molecule has 89 heavy (non-hydrogen) atoms. The largest absolute Gasteiger partial charge is 0.460 e. The monoisotopic (exact) mass is 1360 g/mol. The van der Waals surface area contributed by atoms with Crippen LogP contribution in [0.4, 0.5) is 154 Å². The number of hydrogen-bond donors (Lipinski definition) is 0. The smallest absolute Gasteiger partial charge is 0.270 e. The lowest BCUT2D eigenvalue weighted by Crippen LogP contribution is -2.76. The van der Waals surface area contributed by atoms with Crippen molar-refractivity contribution in [1.29, 1.82) is 0 Å². The van der Waals surface area contributed by atoms with Crippen LogP contribution in [-0.4, -0.2) is 128 Å². The molecule has 6 rings (SSSR count). The number of nitrogens with zero attached hydrogens (tertiary/aromatic N) is 2. The summed E-state index contributed by atoms with van der Waals surface area (Å²) in [6, 6.07) is 5.32. The third-order valence-electron chi connectivity index (χ3n) is 13.9. The van der Waals surface area contributed by atoms with E-state index in [0.29, 0.717) is 17.0 Å². The third kappa shape index (κ3) is 9.55. The van der Waals surface area contributed by atoms with Crippen molar-refractivity contribution in [1.82, 2.24) is 9.80 Å². The van der Waals surface area contributed by atoms with Gasteiger partial charge in [0.1, 0.15) is 0 Å². The van der Waals surface area contributed by atoms with Gasteiger partial charge in [0.25, 0.3) is 23.6 Å². The Morgan fingerprint density at radius 2 is 0.539 bits per heavy atom. The molecule has 0 aliphatic carbocycles. The van der Waals surface area contributed by atoms with Gasteiger partial charge in [-0.1, -0.05) is 48.5 Å². The summed E-state index contributed by atoms with van der Waals surface area (Å²) >= 11 is 0. The minimum Gasteiger partial charge on any atom is -0.270 e. The second-order valence-electron chi connectivity index (χ2n) is 19.6. The second kappa shape index (κ2) is 20.5. The maximum Gasteiger partial charge on any atom is 0.460 e. The fourth-order valence-electron chi connectivity index (χ4n) is 8.55. The van der Waals surface area contributed by atoms with Gasteiger partial charge >= 0.3 is 101 Å². The summed E-state index contributed by atoms with van der Waals surface area (Å²) in [5.74, 6) is -138. The number of carbonyl (C=O) groups is 4. The van der Waals surface area contributed by atoms with Crippen molar-refractivity contribution in [2.45, 2.75) is 134 Å². The lowest BCUT2D eigenvalue weighted by Gasteiger charge is -2.44. The summed E-state index contributed by atoms with van der Waals surface area (Å²) in [6.45, 7) is -3.30. The van der Waals surface area contributed by atoms with E-state index in [2.05, 4.69) is 0 Å². The van der Waals surface area contributed by atoms with E-state index in [9.17, 15) is 164 Å². The standard InChI is InChI=1S/C48H23F35N2O4/c1-32(49,50)35(55,56)38(61,62)41(67,68)39(63,64)36(57,58)33(51,52)15-14-18-2-4-19(5-3-18)16-84-28(86)22-10-12-24-27-25(13-11-23(26(22)27)29(84)87)31(89)85(30(24)88)17-20-6-8-21(9-7-20)34(53,54)37(59,60)40(65,66)42(69,70)43(71,72)44(73,74)45(75,76)46(77,78)47(79,80)48(81,82)83/h2-13H,14-17H2,1H3. The van der Waals surface area contributed by atoms with Crippen molar-refractivity contribution < 1.29 is 173 Å². The van der Waals surface area contributed by atoms with E-state index in [0.717, 1.165) is 36.4 Å². The molecule has 0 atom stereocenters. The lowest BCUT2D eigenvalue weighted by atomic mass is 9.85. The van der Waals surface area contributed by atoms with Crippen LogP contribution in [0.5, 0.6) is 0 Å². The third-order valence-corrected chi connectivity index (χ3v) is 13.9. The highest BCUT2D eigenvalue weighted by atomic mass is 19.4. The van der Waals surface area contributed by atoms with Crippen LogP contribution in [0.3, 0.4) is 0 Å². The molecule has 2 aliphatic rings. The Kier molecular flexibility index (Phi) is 16.4. The molecule has 0 unspecified atom stereocenters. The van der Waals surface area contributed by atoms with Gasteiger partial charge in [0, 0.05) is 51.9 Å². The SMILES string of the molecule is CC(F)(F)C(F)(F)C(F)(F)C(F)(F)C(F)(F)C(F)(F)C(F)(F)CCc1ccc(CN2C(=O)c3ccc4c5c(ccc(c35)C2=O)C(=O)N(Cc2ccc(C(F)(F)C(F)(F)C(F)(F)C(F)(F)C(F)(F)C(F)(F)C(F)(F)C(F)(F)C(F)(F)C(F)(F)F)cc2)C4=O)cc1. The first kappa shape index (κ1) is 71.1. The molecular formula is C48H23F35N2O4. The van der Waals surface area contributed by atoms with Gasteiger partial charge in [-0.3, -0.25) is 29.0 Å². The van der Waals surface area contributed by atoms with Crippen LogP contribution in [0, 0.1) is 0 Å². The summed E-state index contributed by atoms with van der Waals surface area (Å²) in [7, 11) is 0. The highest BCUT2D eigenvalue weighted by molar-refractivity contribution is 6.33. The molecule has 0 fully saturated rings. The maximum absolute atomic E-state index is 15.1. The highest BCUT2D eigenvalue weighted by Gasteiger charge is 2.98. The van der Waals surface area contributed by atoms with Crippen LogP contribution in [-0.2, 0) is 25.4 Å². The normalized spacial score (nSPS) is 16.5. The Bertz CT molecular complexity index is 3400. The van der Waals surface area contributed by atoms with Gasteiger partial charge < -0.3 is 0 Å². The molecule has 0 radical (unpaired) electrons. The molecule has 0 aromatic heterocycles. The second-order valence-corrected chi connectivity index (χ2v) is 19.6. The van der Waals surface area contributed by atoms with Gasteiger partial charge in [0.05, 0.1) is 13.1 Å². The number of alkyl halides is 35. The van der Waals surface area contributed by atoms with Crippen LogP contribution in [0.1, 0.15) is 77.0 Å². The van der Waals surface area contributed by atoms with Crippen molar-refractivity contribution in [3.8, 4) is 0 Å². The fraction of sp³-hybridized carbons (Fsp3) is 0.458. The molecule has 0 bridgehead atoms.